The Hall–Kier alpha value is -0.730. The maximum atomic E-state index is 11.9. The number of hydrogen-bond acceptors (Lipinski definition) is 1. The highest BCUT2D eigenvalue weighted by molar-refractivity contribution is 5.74. The van der Waals surface area contributed by atoms with Crippen molar-refractivity contribution in [3.05, 3.63) is 0 Å². The van der Waals surface area contributed by atoms with E-state index in [1.165, 1.54) is 12.8 Å². The summed E-state index contributed by atoms with van der Waals surface area (Å²) in [7, 11) is 0. The topological polar surface area (TPSA) is 32.3 Å². The number of rotatable bonds is 4. The molecule has 0 aromatic carbocycles. The fourth-order valence-electron chi connectivity index (χ4n) is 2.48. The van der Waals surface area contributed by atoms with E-state index in [4.69, 9.17) is 0 Å². The Morgan fingerprint density at radius 2 is 2.12 bits per heavy atom. The number of hydrogen-bond donors (Lipinski definition) is 1. The van der Waals surface area contributed by atoms with Gasteiger partial charge in [-0.2, -0.15) is 0 Å². The first-order chi connectivity index (χ1) is 8.15. The van der Waals surface area contributed by atoms with Gasteiger partial charge in [0.15, 0.2) is 0 Å². The van der Waals surface area contributed by atoms with Crippen molar-refractivity contribution in [2.24, 2.45) is 11.8 Å². The van der Waals surface area contributed by atoms with Gasteiger partial charge in [-0.3, -0.25) is 0 Å². The van der Waals surface area contributed by atoms with Crippen LogP contribution in [0.25, 0.3) is 0 Å². The molecule has 17 heavy (non-hydrogen) atoms. The molecule has 3 heteroatoms. The zero-order valence-corrected chi connectivity index (χ0v) is 11.7. The molecule has 0 radical (unpaired) electrons. The van der Waals surface area contributed by atoms with Crippen LogP contribution in [0.15, 0.2) is 0 Å². The minimum atomic E-state index is 0.142. The van der Waals surface area contributed by atoms with Gasteiger partial charge in [-0.05, 0) is 37.5 Å². The third-order valence-electron chi connectivity index (χ3n) is 3.81. The summed E-state index contributed by atoms with van der Waals surface area (Å²) in [5.41, 5.74) is 0. The molecule has 1 atom stereocenters. The van der Waals surface area contributed by atoms with Crippen molar-refractivity contribution in [1.82, 2.24) is 10.2 Å². The van der Waals surface area contributed by atoms with E-state index in [0.717, 1.165) is 50.7 Å². The molecule has 0 saturated carbocycles. The molecule has 1 N–H and O–H groups in total. The summed E-state index contributed by atoms with van der Waals surface area (Å²) < 4.78 is 0. The molecule has 1 saturated heterocycles. The van der Waals surface area contributed by atoms with Crippen molar-refractivity contribution in [2.75, 3.05) is 19.6 Å². The Morgan fingerprint density at radius 3 is 2.76 bits per heavy atom. The molecule has 1 fully saturated rings. The van der Waals surface area contributed by atoms with Gasteiger partial charge in [-0.1, -0.05) is 27.2 Å². The van der Waals surface area contributed by atoms with Crippen LogP contribution in [0.2, 0.25) is 0 Å². The van der Waals surface area contributed by atoms with E-state index < -0.39 is 0 Å². The van der Waals surface area contributed by atoms with Crippen LogP contribution in [0, 0.1) is 11.8 Å². The maximum Gasteiger partial charge on any atom is 0.317 e. The van der Waals surface area contributed by atoms with Gasteiger partial charge in [0.25, 0.3) is 0 Å². The lowest BCUT2D eigenvalue weighted by atomic mass is 9.89. The number of nitrogens with zero attached hydrogens (tertiary/aromatic N) is 1. The maximum absolute atomic E-state index is 11.9. The van der Waals surface area contributed by atoms with Crippen molar-refractivity contribution < 1.29 is 4.79 Å². The number of unbranched alkanes of at least 4 members (excludes halogenated alkanes) is 1. The first-order valence-electron chi connectivity index (χ1n) is 7.18. The molecule has 100 valence electrons. The standard InChI is InChI=1S/C14H28N2O/c1-4-5-9-15-14(17)16-10-6-7-13(8-11-16)12(2)3/h12-13H,4-11H2,1-3H3,(H,15,17). The van der Waals surface area contributed by atoms with Crippen molar-refractivity contribution in [3.63, 3.8) is 0 Å². The molecule has 1 aliphatic rings. The van der Waals surface area contributed by atoms with Crippen LogP contribution >= 0.6 is 0 Å². The zero-order chi connectivity index (χ0) is 12.7. The molecule has 0 aromatic rings. The van der Waals surface area contributed by atoms with Crippen molar-refractivity contribution in [2.45, 2.75) is 52.9 Å². The number of urea groups is 1. The van der Waals surface area contributed by atoms with Gasteiger partial charge in [-0.25, -0.2) is 4.79 Å². The monoisotopic (exact) mass is 240 g/mol. The second kappa shape index (κ2) is 7.57. The number of carbonyl (C=O) groups excluding carboxylic acids is 1. The zero-order valence-electron chi connectivity index (χ0n) is 11.7. The Kier molecular flexibility index (Phi) is 6.38. The van der Waals surface area contributed by atoms with Crippen LogP contribution in [0.5, 0.6) is 0 Å². The number of amides is 2. The van der Waals surface area contributed by atoms with Gasteiger partial charge in [0.1, 0.15) is 0 Å². The quantitative estimate of drug-likeness (QED) is 0.752. The SMILES string of the molecule is CCCCNC(=O)N1CCCC(C(C)C)CC1. The molecule has 1 aliphatic heterocycles. The molecule has 3 nitrogen and oxygen atoms in total. The predicted molar refractivity (Wildman–Crippen MR) is 72.1 cm³/mol. The molecule has 0 spiro atoms. The molecular formula is C14H28N2O. The second-order valence-corrected chi connectivity index (χ2v) is 5.51. The van der Waals surface area contributed by atoms with Gasteiger partial charge in [-0.15, -0.1) is 0 Å². The van der Waals surface area contributed by atoms with Crippen LogP contribution in [0.1, 0.15) is 52.9 Å². The highest BCUT2D eigenvalue weighted by atomic mass is 16.2. The summed E-state index contributed by atoms with van der Waals surface area (Å²) in [5, 5.41) is 3.01. The van der Waals surface area contributed by atoms with E-state index in [0.29, 0.717) is 0 Å². The van der Waals surface area contributed by atoms with E-state index in [9.17, 15) is 4.79 Å². The van der Waals surface area contributed by atoms with Crippen molar-refractivity contribution >= 4 is 6.03 Å². The normalized spacial score (nSPS) is 21.4. The minimum absolute atomic E-state index is 0.142. The summed E-state index contributed by atoms with van der Waals surface area (Å²) in [6, 6.07) is 0.142. The predicted octanol–water partition coefficient (Wildman–Crippen LogP) is 3.25. The van der Waals surface area contributed by atoms with Crippen LogP contribution in [0.3, 0.4) is 0 Å². The Balaban J connectivity index is 2.32. The van der Waals surface area contributed by atoms with Crippen molar-refractivity contribution in [1.29, 1.82) is 0 Å². The van der Waals surface area contributed by atoms with Gasteiger partial charge in [0.05, 0.1) is 0 Å². The fraction of sp³-hybridized carbons (Fsp3) is 0.929. The highest BCUT2D eigenvalue weighted by Gasteiger charge is 2.21. The number of likely N-dealkylation sites (tertiary alicyclic amines) is 1. The lowest BCUT2D eigenvalue weighted by molar-refractivity contribution is 0.198. The van der Waals surface area contributed by atoms with Crippen molar-refractivity contribution in [3.8, 4) is 0 Å². The Bertz CT molecular complexity index is 228. The largest absolute Gasteiger partial charge is 0.338 e. The summed E-state index contributed by atoms with van der Waals surface area (Å²) >= 11 is 0. The summed E-state index contributed by atoms with van der Waals surface area (Å²) in [5.74, 6) is 1.54. The first kappa shape index (κ1) is 14.3. The molecule has 0 aromatic heterocycles. The van der Waals surface area contributed by atoms with E-state index in [-0.39, 0.29) is 6.03 Å². The highest BCUT2D eigenvalue weighted by Crippen LogP contribution is 2.24. The summed E-state index contributed by atoms with van der Waals surface area (Å²) in [6.07, 6.45) is 5.81. The average molecular weight is 240 g/mol. The first-order valence-corrected chi connectivity index (χ1v) is 7.18. The van der Waals surface area contributed by atoms with Crippen LogP contribution < -0.4 is 5.32 Å². The molecule has 1 rings (SSSR count). The lowest BCUT2D eigenvalue weighted by Crippen LogP contribution is -2.40. The summed E-state index contributed by atoms with van der Waals surface area (Å²) in [4.78, 5) is 13.9. The van der Waals surface area contributed by atoms with Gasteiger partial charge in [0, 0.05) is 19.6 Å². The molecule has 0 aliphatic carbocycles. The molecule has 2 amide bonds. The number of nitrogens with one attached hydrogen (secondary N) is 1. The summed E-state index contributed by atoms with van der Waals surface area (Å²) in [6.45, 7) is 9.41. The second-order valence-electron chi connectivity index (χ2n) is 5.51. The minimum Gasteiger partial charge on any atom is -0.338 e. The van der Waals surface area contributed by atoms with Crippen LogP contribution in [0.4, 0.5) is 4.79 Å². The van der Waals surface area contributed by atoms with E-state index in [2.05, 4.69) is 26.1 Å². The van der Waals surface area contributed by atoms with Gasteiger partial charge >= 0.3 is 6.03 Å². The molecule has 0 bridgehead atoms. The molecular weight excluding hydrogens is 212 g/mol. The van der Waals surface area contributed by atoms with Crippen LogP contribution in [-0.2, 0) is 0 Å². The molecule has 1 unspecified atom stereocenters. The Morgan fingerprint density at radius 1 is 1.35 bits per heavy atom. The number of carbonyl (C=O) groups is 1. The smallest absolute Gasteiger partial charge is 0.317 e. The molecule has 1 heterocycles. The lowest BCUT2D eigenvalue weighted by Gasteiger charge is -2.22. The van der Waals surface area contributed by atoms with Crippen LogP contribution in [-0.4, -0.2) is 30.6 Å². The fourth-order valence-corrected chi connectivity index (χ4v) is 2.48. The van der Waals surface area contributed by atoms with E-state index in [1.807, 2.05) is 4.90 Å². The van der Waals surface area contributed by atoms with E-state index in [1.54, 1.807) is 0 Å². The third-order valence-corrected chi connectivity index (χ3v) is 3.81. The van der Waals surface area contributed by atoms with Gasteiger partial charge in [0.2, 0.25) is 0 Å². The Labute approximate surface area is 106 Å². The van der Waals surface area contributed by atoms with E-state index >= 15 is 0 Å². The average Bonchev–Trinajstić information content (AvgIpc) is 2.54. The van der Waals surface area contributed by atoms with Gasteiger partial charge < -0.3 is 10.2 Å². The third kappa shape index (κ3) is 4.97.